The predicted molar refractivity (Wildman–Crippen MR) is 71.8 cm³/mol. The maximum absolute atomic E-state index is 11.8. The number of nitrogens with one attached hydrogen (secondary N) is 1. The van der Waals surface area contributed by atoms with Crippen molar-refractivity contribution in [1.29, 1.82) is 0 Å². The molecule has 4 nitrogen and oxygen atoms in total. The molecule has 0 heterocycles. The molecule has 0 saturated carbocycles. The van der Waals surface area contributed by atoms with Crippen molar-refractivity contribution in [2.75, 3.05) is 6.61 Å². The van der Waals surface area contributed by atoms with Gasteiger partial charge >= 0.3 is 0 Å². The van der Waals surface area contributed by atoms with Crippen molar-refractivity contribution >= 4 is 5.91 Å². The molecule has 18 heavy (non-hydrogen) atoms. The number of aliphatic hydroxyl groups is 1. The summed E-state index contributed by atoms with van der Waals surface area (Å²) < 4.78 is 0. The number of nitrogens with two attached hydrogens (primary N) is 1. The molecule has 0 spiro atoms. The van der Waals surface area contributed by atoms with E-state index in [0.29, 0.717) is 0 Å². The second-order valence-corrected chi connectivity index (χ2v) is 4.82. The molecule has 4 heteroatoms. The van der Waals surface area contributed by atoms with Crippen molar-refractivity contribution in [3.8, 4) is 0 Å². The van der Waals surface area contributed by atoms with Crippen LogP contribution in [0.1, 0.15) is 31.9 Å². The lowest BCUT2D eigenvalue weighted by molar-refractivity contribution is -0.122. The molecule has 1 amide bonds. The Labute approximate surface area is 108 Å². The van der Waals surface area contributed by atoms with Gasteiger partial charge in [0.15, 0.2) is 0 Å². The summed E-state index contributed by atoms with van der Waals surface area (Å²) in [5, 5.41) is 11.9. The topological polar surface area (TPSA) is 75.3 Å². The number of benzene rings is 1. The smallest absolute Gasteiger partial charge is 0.222 e. The van der Waals surface area contributed by atoms with Gasteiger partial charge < -0.3 is 16.2 Å². The standard InChI is InChI=1S/C14H22N2O2/c1-10(2)13(9-17)16-14(18)8-12(15)11-6-4-3-5-7-11/h3-7,10,12-13,17H,8-9,15H2,1-2H3,(H,16,18)/t12?,13-/m1/s1. The van der Waals surface area contributed by atoms with Crippen molar-refractivity contribution in [1.82, 2.24) is 5.32 Å². The Kier molecular flexibility index (Phi) is 5.82. The minimum absolute atomic E-state index is 0.0516. The summed E-state index contributed by atoms with van der Waals surface area (Å²) in [6.45, 7) is 3.86. The number of rotatable bonds is 6. The maximum Gasteiger partial charge on any atom is 0.222 e. The number of carbonyl (C=O) groups is 1. The normalized spacial score (nSPS) is 14.3. The Morgan fingerprint density at radius 1 is 1.33 bits per heavy atom. The van der Waals surface area contributed by atoms with E-state index in [1.165, 1.54) is 0 Å². The van der Waals surface area contributed by atoms with Gasteiger partial charge in [0.1, 0.15) is 0 Å². The molecule has 0 saturated heterocycles. The van der Waals surface area contributed by atoms with Crippen LogP contribution in [0.5, 0.6) is 0 Å². The number of amides is 1. The van der Waals surface area contributed by atoms with Crippen molar-refractivity contribution in [3.05, 3.63) is 35.9 Å². The fourth-order valence-corrected chi connectivity index (χ4v) is 1.71. The van der Waals surface area contributed by atoms with E-state index >= 15 is 0 Å². The molecule has 0 aliphatic carbocycles. The summed E-state index contributed by atoms with van der Waals surface area (Å²) in [7, 11) is 0. The Morgan fingerprint density at radius 3 is 2.44 bits per heavy atom. The first-order valence-electron chi connectivity index (χ1n) is 6.25. The molecular weight excluding hydrogens is 228 g/mol. The Morgan fingerprint density at radius 2 is 1.94 bits per heavy atom. The summed E-state index contributed by atoms with van der Waals surface area (Å²) >= 11 is 0. The Balaban J connectivity index is 2.50. The van der Waals surface area contributed by atoms with Gasteiger partial charge in [-0.3, -0.25) is 4.79 Å². The van der Waals surface area contributed by atoms with Gasteiger partial charge in [-0.1, -0.05) is 44.2 Å². The quantitative estimate of drug-likeness (QED) is 0.710. The second kappa shape index (κ2) is 7.13. The van der Waals surface area contributed by atoms with E-state index < -0.39 is 0 Å². The molecule has 0 radical (unpaired) electrons. The SMILES string of the molecule is CC(C)[C@@H](CO)NC(=O)CC(N)c1ccccc1. The summed E-state index contributed by atoms with van der Waals surface area (Å²) in [5.41, 5.74) is 6.91. The molecule has 0 fully saturated rings. The molecule has 4 N–H and O–H groups in total. The van der Waals surface area contributed by atoms with E-state index in [2.05, 4.69) is 5.32 Å². The third-order valence-corrected chi connectivity index (χ3v) is 2.98. The van der Waals surface area contributed by atoms with Gasteiger partial charge in [-0.05, 0) is 11.5 Å². The molecule has 1 rings (SSSR count). The minimum atomic E-state index is -0.308. The van der Waals surface area contributed by atoms with Crippen LogP contribution >= 0.6 is 0 Å². The number of hydrogen-bond donors (Lipinski definition) is 3. The van der Waals surface area contributed by atoms with Crippen LogP contribution in [0.2, 0.25) is 0 Å². The molecule has 1 unspecified atom stereocenters. The summed E-state index contributed by atoms with van der Waals surface area (Å²) in [6, 6.07) is 9.01. The maximum atomic E-state index is 11.8. The number of hydrogen-bond acceptors (Lipinski definition) is 3. The molecular formula is C14H22N2O2. The highest BCUT2D eigenvalue weighted by atomic mass is 16.3. The highest BCUT2D eigenvalue weighted by molar-refractivity contribution is 5.77. The van der Waals surface area contributed by atoms with E-state index in [1.807, 2.05) is 44.2 Å². The van der Waals surface area contributed by atoms with E-state index in [9.17, 15) is 4.79 Å². The first-order valence-corrected chi connectivity index (χ1v) is 6.25. The largest absolute Gasteiger partial charge is 0.394 e. The van der Waals surface area contributed by atoms with Gasteiger partial charge in [0, 0.05) is 12.5 Å². The third-order valence-electron chi connectivity index (χ3n) is 2.98. The van der Waals surface area contributed by atoms with Gasteiger partial charge in [-0.15, -0.1) is 0 Å². The van der Waals surface area contributed by atoms with Gasteiger partial charge in [-0.2, -0.15) is 0 Å². The van der Waals surface area contributed by atoms with Crippen molar-refractivity contribution in [2.24, 2.45) is 11.7 Å². The van der Waals surface area contributed by atoms with Crippen LogP contribution in [-0.2, 0) is 4.79 Å². The van der Waals surface area contributed by atoms with E-state index in [4.69, 9.17) is 10.8 Å². The average Bonchev–Trinajstić information content (AvgIpc) is 2.36. The lowest BCUT2D eigenvalue weighted by Gasteiger charge is -2.21. The zero-order valence-electron chi connectivity index (χ0n) is 11.0. The summed E-state index contributed by atoms with van der Waals surface area (Å²) in [6.07, 6.45) is 0.229. The molecule has 1 aromatic rings. The van der Waals surface area contributed by atoms with Gasteiger partial charge in [0.05, 0.1) is 12.6 Å². The van der Waals surface area contributed by atoms with Crippen LogP contribution < -0.4 is 11.1 Å². The van der Waals surface area contributed by atoms with Crippen molar-refractivity contribution < 1.29 is 9.90 Å². The first-order chi connectivity index (χ1) is 8.54. The van der Waals surface area contributed by atoms with E-state index in [1.54, 1.807) is 0 Å². The molecule has 2 atom stereocenters. The van der Waals surface area contributed by atoms with Crippen LogP contribution in [0.25, 0.3) is 0 Å². The van der Waals surface area contributed by atoms with Crippen LogP contribution in [0, 0.1) is 5.92 Å². The fourth-order valence-electron chi connectivity index (χ4n) is 1.71. The van der Waals surface area contributed by atoms with Gasteiger partial charge in [0.25, 0.3) is 0 Å². The molecule has 0 aromatic heterocycles. The second-order valence-electron chi connectivity index (χ2n) is 4.82. The monoisotopic (exact) mass is 250 g/mol. The first kappa shape index (κ1) is 14.7. The Bertz CT molecular complexity index is 365. The molecule has 100 valence electrons. The predicted octanol–water partition coefficient (Wildman–Crippen LogP) is 1.21. The molecule has 0 bridgehead atoms. The molecule has 0 aliphatic rings. The highest BCUT2D eigenvalue weighted by Crippen LogP contribution is 2.13. The zero-order valence-corrected chi connectivity index (χ0v) is 11.0. The summed E-state index contributed by atoms with van der Waals surface area (Å²) in [5.74, 6) is 0.0750. The van der Waals surface area contributed by atoms with Crippen molar-refractivity contribution in [2.45, 2.75) is 32.4 Å². The van der Waals surface area contributed by atoms with Crippen LogP contribution in [-0.4, -0.2) is 23.7 Å². The highest BCUT2D eigenvalue weighted by Gasteiger charge is 2.17. The van der Waals surface area contributed by atoms with Crippen LogP contribution in [0.4, 0.5) is 0 Å². The number of aliphatic hydroxyl groups excluding tert-OH is 1. The lowest BCUT2D eigenvalue weighted by Crippen LogP contribution is -2.42. The van der Waals surface area contributed by atoms with Crippen molar-refractivity contribution in [3.63, 3.8) is 0 Å². The van der Waals surface area contributed by atoms with E-state index in [0.717, 1.165) is 5.56 Å². The molecule has 0 aliphatic heterocycles. The molecule has 1 aromatic carbocycles. The van der Waals surface area contributed by atoms with Crippen LogP contribution in [0.15, 0.2) is 30.3 Å². The fraction of sp³-hybridized carbons (Fsp3) is 0.500. The number of carbonyl (C=O) groups excluding carboxylic acids is 1. The van der Waals surface area contributed by atoms with Gasteiger partial charge in [-0.25, -0.2) is 0 Å². The third kappa shape index (κ3) is 4.47. The van der Waals surface area contributed by atoms with E-state index in [-0.39, 0.29) is 36.9 Å². The lowest BCUT2D eigenvalue weighted by atomic mass is 10.0. The zero-order chi connectivity index (χ0) is 13.5. The average molecular weight is 250 g/mol. The summed E-state index contributed by atoms with van der Waals surface area (Å²) in [4.78, 5) is 11.8. The minimum Gasteiger partial charge on any atom is -0.394 e. The Hall–Kier alpha value is -1.39. The van der Waals surface area contributed by atoms with Crippen LogP contribution in [0.3, 0.4) is 0 Å². The van der Waals surface area contributed by atoms with Gasteiger partial charge in [0.2, 0.25) is 5.91 Å².